The second-order valence-electron chi connectivity index (χ2n) is 5.15. The van der Waals surface area contributed by atoms with Gasteiger partial charge >= 0.3 is 0 Å². The highest BCUT2D eigenvalue weighted by Gasteiger charge is 2.25. The molecule has 0 aromatic carbocycles. The van der Waals surface area contributed by atoms with Gasteiger partial charge in [-0.25, -0.2) is 8.78 Å². The Bertz CT molecular complexity index is 343. The van der Waals surface area contributed by atoms with Crippen molar-refractivity contribution in [1.29, 1.82) is 0 Å². The first-order valence-corrected chi connectivity index (χ1v) is 7.29. The minimum absolute atomic E-state index is 0.191. The molecule has 2 heterocycles. The Hall–Kier alpha value is -0.520. The quantitative estimate of drug-likeness (QED) is 0.887. The molecule has 1 aromatic heterocycles. The van der Waals surface area contributed by atoms with E-state index in [0.717, 1.165) is 25.9 Å². The van der Waals surface area contributed by atoms with E-state index in [0.29, 0.717) is 5.92 Å². The van der Waals surface area contributed by atoms with E-state index in [1.807, 2.05) is 0 Å². The van der Waals surface area contributed by atoms with Crippen molar-refractivity contribution in [1.82, 2.24) is 10.2 Å². The van der Waals surface area contributed by atoms with E-state index >= 15 is 0 Å². The van der Waals surface area contributed by atoms with Gasteiger partial charge in [0.1, 0.15) is 0 Å². The van der Waals surface area contributed by atoms with Crippen LogP contribution in [0.2, 0.25) is 0 Å². The third-order valence-corrected chi connectivity index (χ3v) is 4.12. The van der Waals surface area contributed by atoms with Crippen molar-refractivity contribution in [2.24, 2.45) is 5.92 Å². The standard InChI is InChI=1S/C13H20F2N2S/c1-17-7-11(4-10-2-3-18-9-10)5-12(8-17)16-6-13(14)15/h2-3,9,11-13,16H,4-8H2,1H3. The summed E-state index contributed by atoms with van der Waals surface area (Å²) in [5, 5.41) is 7.24. The predicted molar refractivity (Wildman–Crippen MR) is 71.4 cm³/mol. The summed E-state index contributed by atoms with van der Waals surface area (Å²) in [5.74, 6) is 0.563. The number of halogens is 2. The molecule has 102 valence electrons. The van der Waals surface area contributed by atoms with Crippen LogP contribution in [-0.4, -0.2) is 44.0 Å². The molecule has 1 fully saturated rings. The SMILES string of the molecule is CN1CC(Cc2ccsc2)CC(NCC(F)F)C1. The molecule has 2 unspecified atom stereocenters. The van der Waals surface area contributed by atoms with Crippen LogP contribution in [0, 0.1) is 5.92 Å². The average molecular weight is 274 g/mol. The van der Waals surface area contributed by atoms with Crippen LogP contribution >= 0.6 is 11.3 Å². The molecule has 2 atom stereocenters. The molecule has 1 aliphatic rings. The molecule has 0 radical (unpaired) electrons. The van der Waals surface area contributed by atoms with Gasteiger partial charge in [0.05, 0.1) is 6.54 Å². The lowest BCUT2D eigenvalue weighted by Gasteiger charge is -2.36. The largest absolute Gasteiger partial charge is 0.307 e. The third-order valence-electron chi connectivity index (χ3n) is 3.39. The summed E-state index contributed by atoms with van der Waals surface area (Å²) < 4.78 is 24.4. The highest BCUT2D eigenvalue weighted by atomic mass is 32.1. The number of hydrogen-bond donors (Lipinski definition) is 1. The van der Waals surface area contributed by atoms with Gasteiger partial charge in [0, 0.05) is 19.1 Å². The van der Waals surface area contributed by atoms with Crippen molar-refractivity contribution in [3.05, 3.63) is 22.4 Å². The van der Waals surface area contributed by atoms with Gasteiger partial charge in [-0.2, -0.15) is 11.3 Å². The summed E-state index contributed by atoms with van der Waals surface area (Å²) in [6.45, 7) is 1.74. The van der Waals surface area contributed by atoms with Crippen molar-refractivity contribution in [3.63, 3.8) is 0 Å². The van der Waals surface area contributed by atoms with Crippen molar-refractivity contribution < 1.29 is 8.78 Å². The van der Waals surface area contributed by atoms with E-state index in [-0.39, 0.29) is 12.6 Å². The zero-order valence-electron chi connectivity index (χ0n) is 10.6. The van der Waals surface area contributed by atoms with Crippen molar-refractivity contribution in [3.8, 4) is 0 Å². The van der Waals surface area contributed by atoms with E-state index < -0.39 is 6.43 Å². The monoisotopic (exact) mass is 274 g/mol. The van der Waals surface area contributed by atoms with Gasteiger partial charge in [0.15, 0.2) is 0 Å². The third kappa shape index (κ3) is 4.30. The molecule has 1 saturated heterocycles. The summed E-state index contributed by atoms with van der Waals surface area (Å²) in [7, 11) is 2.07. The number of likely N-dealkylation sites (tertiary alicyclic amines) is 1. The first-order valence-electron chi connectivity index (χ1n) is 6.34. The van der Waals surface area contributed by atoms with Gasteiger partial charge in [-0.05, 0) is 48.2 Å². The maximum absolute atomic E-state index is 12.2. The van der Waals surface area contributed by atoms with Crippen molar-refractivity contribution in [2.45, 2.75) is 25.3 Å². The number of alkyl halides is 2. The Balaban J connectivity index is 1.84. The molecule has 0 amide bonds. The van der Waals surface area contributed by atoms with E-state index in [1.54, 1.807) is 11.3 Å². The topological polar surface area (TPSA) is 15.3 Å². The number of nitrogens with zero attached hydrogens (tertiary/aromatic N) is 1. The van der Waals surface area contributed by atoms with Crippen LogP contribution in [0.25, 0.3) is 0 Å². The van der Waals surface area contributed by atoms with E-state index in [1.165, 1.54) is 5.56 Å². The number of nitrogens with one attached hydrogen (secondary N) is 1. The zero-order chi connectivity index (χ0) is 13.0. The van der Waals surface area contributed by atoms with E-state index in [9.17, 15) is 8.78 Å². The molecule has 18 heavy (non-hydrogen) atoms. The average Bonchev–Trinajstić information content (AvgIpc) is 2.78. The Kier molecular flexibility index (Phi) is 5.09. The summed E-state index contributed by atoms with van der Waals surface area (Å²) in [6, 6.07) is 2.35. The summed E-state index contributed by atoms with van der Waals surface area (Å²) >= 11 is 1.72. The van der Waals surface area contributed by atoms with Gasteiger partial charge in [-0.1, -0.05) is 0 Å². The zero-order valence-corrected chi connectivity index (χ0v) is 11.4. The number of thiophene rings is 1. The van der Waals surface area contributed by atoms with Crippen molar-refractivity contribution >= 4 is 11.3 Å². The maximum Gasteiger partial charge on any atom is 0.250 e. The molecular formula is C13H20F2N2S. The predicted octanol–water partition coefficient (Wildman–Crippen LogP) is 2.47. The first-order chi connectivity index (χ1) is 8.63. The van der Waals surface area contributed by atoms with Crippen molar-refractivity contribution in [2.75, 3.05) is 26.7 Å². The fourth-order valence-electron chi connectivity index (χ4n) is 2.74. The summed E-state index contributed by atoms with van der Waals surface area (Å²) in [4.78, 5) is 2.24. The lowest BCUT2D eigenvalue weighted by molar-refractivity contribution is 0.119. The number of hydrogen-bond acceptors (Lipinski definition) is 3. The maximum atomic E-state index is 12.2. The molecule has 1 aliphatic heterocycles. The van der Waals surface area contributed by atoms with Crippen LogP contribution in [0.5, 0.6) is 0 Å². The van der Waals surface area contributed by atoms with Crippen LogP contribution < -0.4 is 5.32 Å². The minimum Gasteiger partial charge on any atom is -0.307 e. The molecule has 1 aromatic rings. The summed E-state index contributed by atoms with van der Waals surface area (Å²) in [5.41, 5.74) is 1.37. The van der Waals surface area contributed by atoms with Gasteiger partial charge in [-0.3, -0.25) is 0 Å². The molecular weight excluding hydrogens is 254 g/mol. The fraction of sp³-hybridized carbons (Fsp3) is 0.692. The van der Waals surface area contributed by atoms with Crippen LogP contribution in [0.4, 0.5) is 8.78 Å². The van der Waals surface area contributed by atoms with Gasteiger partial charge in [-0.15, -0.1) is 0 Å². The Morgan fingerprint density at radius 1 is 1.50 bits per heavy atom. The number of rotatable bonds is 5. The van der Waals surface area contributed by atoms with Crippen LogP contribution in [0.3, 0.4) is 0 Å². The Morgan fingerprint density at radius 3 is 3.00 bits per heavy atom. The second kappa shape index (κ2) is 6.59. The normalized spacial score (nSPS) is 25.8. The van der Waals surface area contributed by atoms with Gasteiger partial charge < -0.3 is 10.2 Å². The molecule has 5 heteroatoms. The van der Waals surface area contributed by atoms with Crippen LogP contribution in [0.1, 0.15) is 12.0 Å². The van der Waals surface area contributed by atoms with E-state index in [4.69, 9.17) is 0 Å². The molecule has 1 N–H and O–H groups in total. The second-order valence-corrected chi connectivity index (χ2v) is 5.93. The highest BCUT2D eigenvalue weighted by Crippen LogP contribution is 2.21. The number of piperidine rings is 1. The molecule has 0 spiro atoms. The minimum atomic E-state index is -2.26. The molecule has 2 nitrogen and oxygen atoms in total. The summed E-state index contributed by atoms with van der Waals surface area (Å²) in [6.07, 6.45) is -0.208. The van der Waals surface area contributed by atoms with Crippen LogP contribution in [0.15, 0.2) is 16.8 Å². The molecule has 0 aliphatic carbocycles. The first kappa shape index (κ1) is 13.9. The molecule has 0 bridgehead atoms. The Morgan fingerprint density at radius 2 is 2.33 bits per heavy atom. The smallest absolute Gasteiger partial charge is 0.250 e. The Labute approximate surface area is 111 Å². The lowest BCUT2D eigenvalue weighted by Crippen LogP contribution is -2.49. The lowest BCUT2D eigenvalue weighted by atomic mass is 9.90. The molecule has 2 rings (SSSR count). The van der Waals surface area contributed by atoms with Crippen LogP contribution in [-0.2, 0) is 6.42 Å². The molecule has 0 saturated carbocycles. The van der Waals surface area contributed by atoms with Gasteiger partial charge in [0.2, 0.25) is 0 Å². The van der Waals surface area contributed by atoms with Gasteiger partial charge in [0.25, 0.3) is 6.43 Å². The number of likely N-dealkylation sites (N-methyl/N-ethyl adjacent to an activating group) is 1. The fourth-order valence-corrected chi connectivity index (χ4v) is 3.42. The highest BCUT2D eigenvalue weighted by molar-refractivity contribution is 7.07. The van der Waals surface area contributed by atoms with E-state index in [2.05, 4.69) is 34.1 Å².